The standard InChI is InChI=1S/C13H16ClN3O/c1-10-13(9-16-17(10)7-3-6-15)18-12-5-2-4-11(14)8-12/h2,4-5,8-9H,3,6-7,15H2,1H3. The molecule has 5 heteroatoms. The Morgan fingerprint density at radius 3 is 3.00 bits per heavy atom. The minimum atomic E-state index is 0.653. The summed E-state index contributed by atoms with van der Waals surface area (Å²) in [6.45, 7) is 3.44. The van der Waals surface area contributed by atoms with E-state index in [0.29, 0.717) is 17.3 Å². The van der Waals surface area contributed by atoms with Gasteiger partial charge in [0.05, 0.1) is 11.9 Å². The number of nitrogens with zero attached hydrogens (tertiary/aromatic N) is 2. The quantitative estimate of drug-likeness (QED) is 0.904. The number of nitrogens with two attached hydrogens (primary N) is 1. The maximum atomic E-state index is 5.91. The predicted octanol–water partition coefficient (Wildman–Crippen LogP) is 2.99. The monoisotopic (exact) mass is 265 g/mol. The Kier molecular flexibility index (Phi) is 4.23. The fourth-order valence-electron chi connectivity index (χ4n) is 1.65. The number of ether oxygens (including phenoxy) is 1. The van der Waals surface area contributed by atoms with Crippen molar-refractivity contribution in [1.82, 2.24) is 9.78 Å². The van der Waals surface area contributed by atoms with Gasteiger partial charge in [0, 0.05) is 11.6 Å². The van der Waals surface area contributed by atoms with Crippen LogP contribution in [-0.4, -0.2) is 16.3 Å². The van der Waals surface area contributed by atoms with Crippen molar-refractivity contribution in [3.05, 3.63) is 41.2 Å². The van der Waals surface area contributed by atoms with Crippen molar-refractivity contribution in [1.29, 1.82) is 0 Å². The number of aryl methyl sites for hydroxylation is 1. The Morgan fingerprint density at radius 2 is 2.28 bits per heavy atom. The molecule has 0 unspecified atom stereocenters. The Hall–Kier alpha value is -1.52. The van der Waals surface area contributed by atoms with Gasteiger partial charge < -0.3 is 10.5 Å². The molecule has 0 aliphatic carbocycles. The van der Waals surface area contributed by atoms with Crippen LogP contribution in [0, 0.1) is 6.92 Å². The summed E-state index contributed by atoms with van der Waals surface area (Å²) >= 11 is 5.91. The molecule has 4 nitrogen and oxygen atoms in total. The van der Waals surface area contributed by atoms with Crippen LogP contribution in [0.1, 0.15) is 12.1 Å². The van der Waals surface area contributed by atoms with E-state index in [1.807, 2.05) is 29.8 Å². The summed E-state index contributed by atoms with van der Waals surface area (Å²) in [6, 6.07) is 7.30. The van der Waals surface area contributed by atoms with Crippen molar-refractivity contribution in [3.63, 3.8) is 0 Å². The van der Waals surface area contributed by atoms with Gasteiger partial charge in [-0.3, -0.25) is 4.68 Å². The molecule has 0 bridgehead atoms. The molecule has 0 saturated heterocycles. The lowest BCUT2D eigenvalue weighted by Crippen LogP contribution is -2.08. The highest BCUT2D eigenvalue weighted by Gasteiger charge is 2.08. The molecule has 0 radical (unpaired) electrons. The highest BCUT2D eigenvalue weighted by Crippen LogP contribution is 2.26. The maximum absolute atomic E-state index is 5.91. The molecule has 1 heterocycles. The molecule has 2 N–H and O–H groups in total. The van der Waals surface area contributed by atoms with Crippen molar-refractivity contribution in [3.8, 4) is 11.5 Å². The van der Waals surface area contributed by atoms with E-state index in [1.165, 1.54) is 0 Å². The number of rotatable bonds is 5. The zero-order chi connectivity index (χ0) is 13.0. The SMILES string of the molecule is Cc1c(Oc2cccc(Cl)c2)cnn1CCCN. The summed E-state index contributed by atoms with van der Waals surface area (Å²) in [7, 11) is 0. The molecule has 96 valence electrons. The van der Waals surface area contributed by atoms with E-state index in [0.717, 1.165) is 24.4 Å². The summed E-state index contributed by atoms with van der Waals surface area (Å²) < 4.78 is 7.65. The second kappa shape index (κ2) is 5.89. The van der Waals surface area contributed by atoms with Gasteiger partial charge in [0.15, 0.2) is 5.75 Å². The third-order valence-electron chi connectivity index (χ3n) is 2.66. The summed E-state index contributed by atoms with van der Waals surface area (Å²) in [5, 5.41) is 4.93. The van der Waals surface area contributed by atoms with E-state index >= 15 is 0 Å². The van der Waals surface area contributed by atoms with Crippen LogP contribution in [0.3, 0.4) is 0 Å². The highest BCUT2D eigenvalue weighted by molar-refractivity contribution is 6.30. The zero-order valence-electron chi connectivity index (χ0n) is 10.3. The van der Waals surface area contributed by atoms with E-state index in [2.05, 4.69) is 5.10 Å². The van der Waals surface area contributed by atoms with E-state index in [9.17, 15) is 0 Å². The summed E-state index contributed by atoms with van der Waals surface area (Å²) in [6.07, 6.45) is 2.62. The highest BCUT2D eigenvalue weighted by atomic mass is 35.5. The number of hydrogen-bond acceptors (Lipinski definition) is 3. The van der Waals surface area contributed by atoms with E-state index < -0.39 is 0 Å². The van der Waals surface area contributed by atoms with Crippen molar-refractivity contribution in [2.24, 2.45) is 5.73 Å². The smallest absolute Gasteiger partial charge is 0.168 e. The second-order valence-electron chi connectivity index (χ2n) is 4.02. The van der Waals surface area contributed by atoms with Crippen LogP contribution in [0.15, 0.2) is 30.5 Å². The molecule has 2 rings (SSSR count). The summed E-state index contributed by atoms with van der Waals surface area (Å²) in [5.74, 6) is 1.46. The summed E-state index contributed by atoms with van der Waals surface area (Å²) in [5.41, 5.74) is 6.48. The van der Waals surface area contributed by atoms with Crippen molar-refractivity contribution in [2.75, 3.05) is 6.54 Å². The number of aromatic nitrogens is 2. The molecule has 18 heavy (non-hydrogen) atoms. The van der Waals surface area contributed by atoms with Crippen LogP contribution in [0.5, 0.6) is 11.5 Å². The maximum Gasteiger partial charge on any atom is 0.168 e. The fourth-order valence-corrected chi connectivity index (χ4v) is 1.83. The molecule has 2 aromatic rings. The number of benzene rings is 1. The molecule has 0 saturated carbocycles. The van der Waals surface area contributed by atoms with E-state index in [1.54, 1.807) is 12.3 Å². The van der Waals surface area contributed by atoms with Gasteiger partial charge in [-0.25, -0.2) is 0 Å². The molecule has 1 aromatic heterocycles. The Labute approximate surface area is 111 Å². The average molecular weight is 266 g/mol. The van der Waals surface area contributed by atoms with Gasteiger partial charge in [-0.05, 0) is 38.1 Å². The lowest BCUT2D eigenvalue weighted by Gasteiger charge is -2.06. The van der Waals surface area contributed by atoms with Gasteiger partial charge in [-0.15, -0.1) is 0 Å². The first kappa shape index (κ1) is 12.9. The van der Waals surface area contributed by atoms with Crippen LogP contribution >= 0.6 is 11.6 Å². The lowest BCUT2D eigenvalue weighted by atomic mass is 10.3. The zero-order valence-corrected chi connectivity index (χ0v) is 11.0. The fraction of sp³-hybridized carbons (Fsp3) is 0.308. The second-order valence-corrected chi connectivity index (χ2v) is 4.46. The molecule has 0 fully saturated rings. The predicted molar refractivity (Wildman–Crippen MR) is 72.2 cm³/mol. The van der Waals surface area contributed by atoms with Gasteiger partial charge in [0.1, 0.15) is 5.75 Å². The van der Waals surface area contributed by atoms with Crippen LogP contribution in [0.2, 0.25) is 5.02 Å². The first-order valence-electron chi connectivity index (χ1n) is 5.86. The van der Waals surface area contributed by atoms with E-state index in [4.69, 9.17) is 22.1 Å². The van der Waals surface area contributed by atoms with Crippen LogP contribution in [0.25, 0.3) is 0 Å². The first-order chi connectivity index (χ1) is 8.70. The van der Waals surface area contributed by atoms with Gasteiger partial charge in [0.25, 0.3) is 0 Å². The molecule has 0 aliphatic rings. The largest absolute Gasteiger partial charge is 0.454 e. The Bertz CT molecular complexity index is 525. The minimum Gasteiger partial charge on any atom is -0.454 e. The summed E-state index contributed by atoms with van der Waals surface area (Å²) in [4.78, 5) is 0. The van der Waals surface area contributed by atoms with Crippen molar-refractivity contribution in [2.45, 2.75) is 19.9 Å². The van der Waals surface area contributed by atoms with Gasteiger partial charge in [0.2, 0.25) is 0 Å². The normalized spacial score (nSPS) is 10.6. The number of halogens is 1. The van der Waals surface area contributed by atoms with Gasteiger partial charge >= 0.3 is 0 Å². The molecular formula is C13H16ClN3O. The first-order valence-corrected chi connectivity index (χ1v) is 6.24. The lowest BCUT2D eigenvalue weighted by molar-refractivity contribution is 0.474. The average Bonchev–Trinajstić information content (AvgIpc) is 2.69. The molecule has 0 amide bonds. The Balaban J connectivity index is 2.12. The van der Waals surface area contributed by atoms with Crippen LogP contribution in [-0.2, 0) is 6.54 Å². The third-order valence-corrected chi connectivity index (χ3v) is 2.89. The molecule has 0 spiro atoms. The van der Waals surface area contributed by atoms with Gasteiger partial charge in [-0.2, -0.15) is 5.10 Å². The molecule has 0 aliphatic heterocycles. The minimum absolute atomic E-state index is 0.653. The molecular weight excluding hydrogens is 250 g/mol. The van der Waals surface area contributed by atoms with E-state index in [-0.39, 0.29) is 0 Å². The van der Waals surface area contributed by atoms with Crippen LogP contribution < -0.4 is 10.5 Å². The third kappa shape index (κ3) is 3.03. The van der Waals surface area contributed by atoms with Crippen LogP contribution in [0.4, 0.5) is 0 Å². The van der Waals surface area contributed by atoms with Crippen molar-refractivity contribution >= 4 is 11.6 Å². The topological polar surface area (TPSA) is 53.1 Å². The number of hydrogen-bond donors (Lipinski definition) is 1. The van der Waals surface area contributed by atoms with Gasteiger partial charge in [-0.1, -0.05) is 17.7 Å². The molecule has 0 atom stereocenters. The van der Waals surface area contributed by atoms with Crippen molar-refractivity contribution < 1.29 is 4.74 Å². The Morgan fingerprint density at radius 1 is 1.44 bits per heavy atom. The molecule has 1 aromatic carbocycles.